The standard InChI is InChI=1S/C64H120O26/c1-14-21-73-36-55(71-13)46-87-59(42-78-30-52(67)29-77-41-58(37-72-19-6)85-25-18-5)43-80-44-61(88-47-60(82-20-7)38-74-22-15-2)48-89-62(49-90-63(64(8,9)10)50-81-40-57(34-70-12)84-24-17-4)45-79-35-54(26-65)86-32-53(68)31-75-27-51(66)28-76-39-56(33-69-11)83-23-16-3/h14-18,51-63,65-68H,1-5,19-50H2,6-13H3. The summed E-state index contributed by atoms with van der Waals surface area (Å²) in [6.07, 6.45) is 0.0203. The van der Waals surface area contributed by atoms with E-state index in [-0.39, 0.29) is 157 Å². The molecule has 0 aromatic carbocycles. The highest BCUT2D eigenvalue weighted by Crippen LogP contribution is 2.24. The van der Waals surface area contributed by atoms with E-state index in [2.05, 4.69) is 32.9 Å². The van der Waals surface area contributed by atoms with E-state index in [1.54, 1.807) is 51.7 Å². The van der Waals surface area contributed by atoms with Crippen LogP contribution in [-0.2, 0) is 104 Å². The molecule has 0 radical (unpaired) electrons. The van der Waals surface area contributed by atoms with Crippen molar-refractivity contribution in [3.8, 4) is 0 Å². The first-order valence-corrected chi connectivity index (χ1v) is 31.1. The summed E-state index contributed by atoms with van der Waals surface area (Å²) in [5, 5.41) is 42.2. The maximum absolute atomic E-state index is 10.8. The lowest BCUT2D eigenvalue weighted by Gasteiger charge is -2.33. The normalized spacial score (nSPS) is 16.5. The molecule has 4 N–H and O–H groups in total. The molecule has 0 rings (SSSR count). The van der Waals surface area contributed by atoms with Crippen LogP contribution in [0.4, 0.5) is 0 Å². The van der Waals surface area contributed by atoms with Gasteiger partial charge in [0, 0.05) is 34.5 Å². The Kier molecular flexibility index (Phi) is 59.9. The van der Waals surface area contributed by atoms with Crippen LogP contribution in [0.15, 0.2) is 63.3 Å². The number of methoxy groups -OCH3 is 3. The molecule has 0 spiro atoms. The molecule has 90 heavy (non-hydrogen) atoms. The first-order valence-electron chi connectivity index (χ1n) is 31.1. The number of hydrogen-bond acceptors (Lipinski definition) is 26. The first kappa shape index (κ1) is 87.7. The van der Waals surface area contributed by atoms with E-state index in [0.717, 1.165) is 0 Å². The monoisotopic (exact) mass is 1300 g/mol. The summed E-state index contributed by atoms with van der Waals surface area (Å²) in [5.74, 6) is 0. The number of aliphatic hydroxyl groups excluding tert-OH is 4. The Hall–Kier alpha value is -2.34. The molecule has 532 valence electrons. The molecule has 26 nitrogen and oxygen atoms in total. The van der Waals surface area contributed by atoms with Crippen LogP contribution in [-0.4, -0.2) is 333 Å². The smallest absolute Gasteiger partial charge is 0.104 e. The van der Waals surface area contributed by atoms with Crippen LogP contribution >= 0.6 is 0 Å². The number of ether oxygens (including phenoxy) is 22. The Bertz CT molecular complexity index is 1620. The van der Waals surface area contributed by atoms with Crippen molar-refractivity contribution in [2.24, 2.45) is 5.41 Å². The van der Waals surface area contributed by atoms with E-state index >= 15 is 0 Å². The zero-order chi connectivity index (χ0) is 66.7. The minimum atomic E-state index is -1.09. The van der Waals surface area contributed by atoms with Gasteiger partial charge in [0.15, 0.2) is 0 Å². The number of hydrogen-bond donors (Lipinski definition) is 4. The van der Waals surface area contributed by atoms with E-state index in [0.29, 0.717) is 66.1 Å². The second kappa shape index (κ2) is 61.5. The summed E-state index contributed by atoms with van der Waals surface area (Å²) >= 11 is 0. The molecule has 13 atom stereocenters. The van der Waals surface area contributed by atoms with Gasteiger partial charge < -0.3 is 125 Å². The van der Waals surface area contributed by atoms with Gasteiger partial charge in [0.05, 0.1) is 204 Å². The van der Waals surface area contributed by atoms with Gasteiger partial charge in [-0.3, -0.25) is 0 Å². The fourth-order valence-electron chi connectivity index (χ4n) is 7.59. The van der Waals surface area contributed by atoms with E-state index in [1.807, 2.05) is 34.6 Å². The second-order valence-electron chi connectivity index (χ2n) is 21.8. The Morgan fingerprint density at radius 1 is 0.300 bits per heavy atom. The number of aliphatic hydroxyl groups is 4. The van der Waals surface area contributed by atoms with Crippen LogP contribution in [0.3, 0.4) is 0 Å². The minimum Gasteiger partial charge on any atom is -0.394 e. The minimum absolute atomic E-state index is 0.00932. The SMILES string of the molecule is C=CCOCC(COC(COCC(O)COCC(COCC)OCC=C)COCC(COC(COCC(CO)OCC(O)COCC(O)COCC(COC)OCC=C)COC(COCC(COC)OCC=C)C(C)(C)C)OCC(COCC=C)OCC)OC. The maximum Gasteiger partial charge on any atom is 0.104 e. The summed E-state index contributed by atoms with van der Waals surface area (Å²) in [5.41, 5.74) is -0.393. The van der Waals surface area contributed by atoms with Crippen molar-refractivity contribution in [3.63, 3.8) is 0 Å². The van der Waals surface area contributed by atoms with Crippen molar-refractivity contribution in [1.82, 2.24) is 0 Å². The number of rotatable bonds is 71. The summed E-state index contributed by atoms with van der Waals surface area (Å²) in [4.78, 5) is 0. The molecular formula is C64H120O26. The third kappa shape index (κ3) is 51.1. The fraction of sp³-hybridized carbons (Fsp3) is 0.844. The molecule has 0 aliphatic carbocycles. The summed E-state index contributed by atoms with van der Waals surface area (Å²) in [7, 11) is 4.71. The molecule has 0 aliphatic rings. The zero-order valence-electron chi connectivity index (χ0n) is 55.8. The van der Waals surface area contributed by atoms with Gasteiger partial charge in [0.1, 0.15) is 73.2 Å². The topological polar surface area (TPSA) is 284 Å². The molecule has 0 saturated heterocycles. The Morgan fingerprint density at radius 2 is 0.600 bits per heavy atom. The predicted molar refractivity (Wildman–Crippen MR) is 337 cm³/mol. The van der Waals surface area contributed by atoms with Crippen molar-refractivity contribution in [1.29, 1.82) is 0 Å². The lowest BCUT2D eigenvalue weighted by atomic mass is 9.89. The highest BCUT2D eigenvalue weighted by molar-refractivity contribution is 4.77. The van der Waals surface area contributed by atoms with Crippen LogP contribution in [0, 0.1) is 5.41 Å². The van der Waals surface area contributed by atoms with E-state index in [1.165, 1.54) is 0 Å². The predicted octanol–water partition coefficient (Wildman–Crippen LogP) is 3.02. The van der Waals surface area contributed by atoms with Gasteiger partial charge in [-0.15, -0.1) is 32.9 Å². The van der Waals surface area contributed by atoms with Crippen molar-refractivity contribution < 1.29 is 125 Å². The van der Waals surface area contributed by atoms with Crippen LogP contribution in [0.5, 0.6) is 0 Å². The lowest BCUT2D eigenvalue weighted by molar-refractivity contribution is -0.157. The molecule has 0 aromatic rings. The molecule has 13 unspecified atom stereocenters. The second-order valence-corrected chi connectivity index (χ2v) is 21.8. The van der Waals surface area contributed by atoms with Gasteiger partial charge in [-0.25, -0.2) is 0 Å². The van der Waals surface area contributed by atoms with Crippen LogP contribution in [0.2, 0.25) is 0 Å². The highest BCUT2D eigenvalue weighted by Gasteiger charge is 2.29. The molecule has 0 amide bonds. The summed E-state index contributed by atoms with van der Waals surface area (Å²) in [6, 6.07) is 0. The fourth-order valence-corrected chi connectivity index (χ4v) is 7.59. The van der Waals surface area contributed by atoms with Crippen LogP contribution < -0.4 is 0 Å². The highest BCUT2D eigenvalue weighted by atomic mass is 16.6. The van der Waals surface area contributed by atoms with E-state index in [9.17, 15) is 20.4 Å². The van der Waals surface area contributed by atoms with Gasteiger partial charge in [0.25, 0.3) is 0 Å². The van der Waals surface area contributed by atoms with Gasteiger partial charge in [0.2, 0.25) is 0 Å². The Morgan fingerprint density at radius 3 is 0.989 bits per heavy atom. The zero-order valence-corrected chi connectivity index (χ0v) is 55.8. The summed E-state index contributed by atoms with van der Waals surface area (Å²) in [6.45, 7) is 32.6. The average molecular weight is 1310 g/mol. The average Bonchev–Trinajstić information content (AvgIpc) is 3.72. The molecule has 0 saturated carbocycles. The van der Waals surface area contributed by atoms with E-state index in [4.69, 9.17) is 104 Å². The van der Waals surface area contributed by atoms with Crippen molar-refractivity contribution >= 4 is 0 Å². The third-order valence-corrected chi connectivity index (χ3v) is 12.4. The molecule has 26 heteroatoms. The molecule has 0 aliphatic heterocycles. The van der Waals surface area contributed by atoms with Gasteiger partial charge in [-0.05, 0) is 19.3 Å². The van der Waals surface area contributed by atoms with Gasteiger partial charge >= 0.3 is 0 Å². The van der Waals surface area contributed by atoms with Gasteiger partial charge in [-0.2, -0.15) is 0 Å². The van der Waals surface area contributed by atoms with Crippen LogP contribution in [0.25, 0.3) is 0 Å². The molecule has 0 fully saturated rings. The largest absolute Gasteiger partial charge is 0.394 e. The maximum atomic E-state index is 10.8. The van der Waals surface area contributed by atoms with E-state index < -0.39 is 73.1 Å². The van der Waals surface area contributed by atoms with Crippen LogP contribution in [0.1, 0.15) is 34.6 Å². The lowest BCUT2D eigenvalue weighted by Crippen LogP contribution is -2.41. The molecule has 0 heterocycles. The Labute approximate surface area is 538 Å². The quantitative estimate of drug-likeness (QED) is 0.0503. The van der Waals surface area contributed by atoms with Crippen molar-refractivity contribution in [3.05, 3.63) is 63.3 Å². The molecule has 0 aromatic heterocycles. The van der Waals surface area contributed by atoms with Crippen molar-refractivity contribution in [2.75, 3.05) is 233 Å². The molecular weight excluding hydrogens is 1180 g/mol. The summed E-state index contributed by atoms with van der Waals surface area (Å²) < 4.78 is 129. The third-order valence-electron chi connectivity index (χ3n) is 12.4. The first-order chi connectivity index (χ1) is 43.6. The van der Waals surface area contributed by atoms with Gasteiger partial charge in [-0.1, -0.05) is 51.2 Å². The Balaban J connectivity index is 6.46. The molecule has 0 bridgehead atoms. The van der Waals surface area contributed by atoms with Crippen molar-refractivity contribution in [2.45, 2.75) is 114 Å².